The molecule has 0 aromatic heterocycles. The minimum Gasteiger partial charge on any atom is -0.493 e. The number of rotatable bonds is 5. The summed E-state index contributed by atoms with van der Waals surface area (Å²) in [5.74, 6) is 2.05. The minimum atomic E-state index is -0.0951. The molecule has 154 valence electrons. The lowest BCUT2D eigenvalue weighted by Crippen LogP contribution is -2.46. The molecule has 6 nitrogen and oxygen atoms in total. The number of carbonyl (C=O) groups is 1. The second kappa shape index (κ2) is 8.83. The molecule has 2 aromatic rings. The molecular formula is C21H24ClN3O3S. The molecule has 2 aliphatic heterocycles. The van der Waals surface area contributed by atoms with Crippen molar-refractivity contribution < 1.29 is 14.3 Å². The highest BCUT2D eigenvalue weighted by Gasteiger charge is 2.42. The van der Waals surface area contributed by atoms with Crippen LogP contribution in [0.2, 0.25) is 5.02 Å². The molecule has 4 unspecified atom stereocenters. The molecule has 2 fully saturated rings. The number of hydrogen-bond donors (Lipinski definition) is 3. The summed E-state index contributed by atoms with van der Waals surface area (Å²) in [7, 11) is 1.64. The lowest BCUT2D eigenvalue weighted by molar-refractivity contribution is -0.119. The van der Waals surface area contributed by atoms with Crippen LogP contribution in [0.15, 0.2) is 42.5 Å². The number of hydrazine groups is 1. The summed E-state index contributed by atoms with van der Waals surface area (Å²) in [6.45, 7) is 2.53. The number of ether oxygens (including phenoxy) is 2. The van der Waals surface area contributed by atoms with E-state index in [1.54, 1.807) is 18.9 Å². The van der Waals surface area contributed by atoms with Gasteiger partial charge in [0.25, 0.3) is 0 Å². The Balaban J connectivity index is 1.56. The molecule has 4 rings (SSSR count). The molecule has 0 saturated carbocycles. The first-order valence-electron chi connectivity index (χ1n) is 9.52. The summed E-state index contributed by atoms with van der Waals surface area (Å²) in [6, 6.07) is 13.8. The number of benzene rings is 2. The van der Waals surface area contributed by atoms with Crippen LogP contribution in [0.5, 0.6) is 11.5 Å². The molecule has 0 spiro atoms. The van der Waals surface area contributed by atoms with E-state index in [0.29, 0.717) is 28.9 Å². The van der Waals surface area contributed by atoms with E-state index in [-0.39, 0.29) is 29.3 Å². The zero-order valence-corrected chi connectivity index (χ0v) is 17.8. The number of fused-ring (bicyclic) bond motifs is 1. The fraction of sp³-hybridized carbons (Fsp3) is 0.381. The monoisotopic (exact) mass is 433 g/mol. The fourth-order valence-electron chi connectivity index (χ4n) is 3.85. The first kappa shape index (κ1) is 20.3. The molecule has 4 atom stereocenters. The van der Waals surface area contributed by atoms with E-state index in [0.717, 1.165) is 11.1 Å². The van der Waals surface area contributed by atoms with Crippen LogP contribution in [0.3, 0.4) is 0 Å². The van der Waals surface area contributed by atoms with Gasteiger partial charge in [0.15, 0.2) is 11.5 Å². The second-order valence-corrected chi connectivity index (χ2v) is 8.83. The first-order valence-corrected chi connectivity index (χ1v) is 10.9. The van der Waals surface area contributed by atoms with E-state index >= 15 is 0 Å². The highest BCUT2D eigenvalue weighted by molar-refractivity contribution is 8.00. The van der Waals surface area contributed by atoms with Gasteiger partial charge in [-0.3, -0.25) is 10.2 Å². The van der Waals surface area contributed by atoms with Crippen molar-refractivity contribution in [1.29, 1.82) is 0 Å². The van der Waals surface area contributed by atoms with E-state index < -0.39 is 0 Å². The quantitative estimate of drug-likeness (QED) is 0.672. The molecular weight excluding hydrogens is 410 g/mol. The van der Waals surface area contributed by atoms with Crippen LogP contribution in [0.25, 0.3) is 0 Å². The van der Waals surface area contributed by atoms with Gasteiger partial charge in [0.2, 0.25) is 5.91 Å². The smallest absolute Gasteiger partial charge is 0.231 e. The van der Waals surface area contributed by atoms with Crippen molar-refractivity contribution in [2.24, 2.45) is 5.92 Å². The van der Waals surface area contributed by atoms with Gasteiger partial charge in [0, 0.05) is 22.2 Å². The van der Waals surface area contributed by atoms with Crippen LogP contribution in [0.1, 0.15) is 23.3 Å². The van der Waals surface area contributed by atoms with E-state index in [4.69, 9.17) is 21.1 Å². The largest absolute Gasteiger partial charge is 0.493 e. The zero-order chi connectivity index (χ0) is 20.4. The topological polar surface area (TPSA) is 71.6 Å². The molecule has 2 aromatic carbocycles. The van der Waals surface area contributed by atoms with E-state index in [1.165, 1.54) is 0 Å². The van der Waals surface area contributed by atoms with Gasteiger partial charge >= 0.3 is 0 Å². The lowest BCUT2D eigenvalue weighted by Gasteiger charge is -2.27. The van der Waals surface area contributed by atoms with E-state index in [9.17, 15) is 4.79 Å². The standard InChI is InChI=1S/C21H24ClN3O3S/c1-12-19-20(29-11-18(26)23-21(19)25-24-12)14-6-7-16(17(9-14)27-2)28-10-13-4-3-5-15(22)8-13/h3-9,12,19-21,24-25H,10-11H2,1-2H3,(H,23,26). The normalized spacial score (nSPS) is 26.4. The Labute approximate surface area is 179 Å². The fourth-order valence-corrected chi connectivity index (χ4v) is 5.43. The molecule has 0 radical (unpaired) electrons. The molecule has 29 heavy (non-hydrogen) atoms. The predicted octanol–water partition coefficient (Wildman–Crippen LogP) is 3.27. The molecule has 3 N–H and O–H groups in total. The Hall–Kier alpha value is -1.93. The molecule has 2 saturated heterocycles. The van der Waals surface area contributed by atoms with Crippen molar-refractivity contribution in [3.8, 4) is 11.5 Å². The number of amides is 1. The predicted molar refractivity (Wildman–Crippen MR) is 115 cm³/mol. The third-order valence-corrected chi connectivity index (χ3v) is 6.90. The highest BCUT2D eigenvalue weighted by Crippen LogP contribution is 2.44. The van der Waals surface area contributed by atoms with E-state index in [2.05, 4.69) is 29.2 Å². The van der Waals surface area contributed by atoms with E-state index in [1.807, 2.05) is 36.4 Å². The van der Waals surface area contributed by atoms with Gasteiger partial charge in [0.05, 0.1) is 19.0 Å². The Morgan fingerprint density at radius 1 is 1.17 bits per heavy atom. The summed E-state index contributed by atoms with van der Waals surface area (Å²) in [4.78, 5) is 12.1. The number of nitrogens with one attached hydrogen (secondary N) is 3. The maximum atomic E-state index is 12.1. The van der Waals surface area contributed by atoms with Gasteiger partial charge in [-0.25, -0.2) is 5.43 Å². The van der Waals surface area contributed by atoms with Gasteiger partial charge in [-0.1, -0.05) is 29.8 Å². The summed E-state index contributed by atoms with van der Waals surface area (Å²) in [6.07, 6.45) is -0.0951. The maximum absolute atomic E-state index is 12.1. The van der Waals surface area contributed by atoms with Gasteiger partial charge < -0.3 is 14.8 Å². The average molecular weight is 434 g/mol. The van der Waals surface area contributed by atoms with Crippen LogP contribution in [-0.2, 0) is 11.4 Å². The van der Waals surface area contributed by atoms with Crippen molar-refractivity contribution >= 4 is 29.3 Å². The molecule has 8 heteroatoms. The Bertz CT molecular complexity index is 897. The zero-order valence-electron chi connectivity index (χ0n) is 16.3. The Morgan fingerprint density at radius 3 is 2.83 bits per heavy atom. The van der Waals surface area contributed by atoms with Crippen LogP contribution in [-0.4, -0.2) is 31.0 Å². The van der Waals surface area contributed by atoms with Crippen LogP contribution in [0, 0.1) is 5.92 Å². The Kier molecular flexibility index (Phi) is 6.20. The summed E-state index contributed by atoms with van der Waals surface area (Å²) < 4.78 is 11.6. The van der Waals surface area contributed by atoms with Crippen molar-refractivity contribution in [1.82, 2.24) is 16.2 Å². The van der Waals surface area contributed by atoms with Gasteiger partial charge in [0.1, 0.15) is 6.61 Å². The third-order valence-electron chi connectivity index (χ3n) is 5.29. The molecule has 2 aliphatic rings. The number of thioether (sulfide) groups is 1. The second-order valence-electron chi connectivity index (χ2n) is 7.26. The first-order chi connectivity index (χ1) is 14.0. The van der Waals surface area contributed by atoms with Crippen LogP contribution in [0.4, 0.5) is 0 Å². The third kappa shape index (κ3) is 4.48. The maximum Gasteiger partial charge on any atom is 0.231 e. The molecule has 1 amide bonds. The van der Waals surface area contributed by atoms with Crippen molar-refractivity contribution in [2.45, 2.75) is 31.0 Å². The number of hydrogen-bond acceptors (Lipinski definition) is 6. The SMILES string of the molecule is COc1cc(C2SCC(=O)NC3NNC(C)C32)ccc1OCc1cccc(Cl)c1. The summed E-state index contributed by atoms with van der Waals surface area (Å²) in [5.41, 5.74) is 8.56. The highest BCUT2D eigenvalue weighted by atomic mass is 35.5. The molecule has 0 aliphatic carbocycles. The number of halogens is 1. The van der Waals surface area contributed by atoms with Crippen LogP contribution < -0.4 is 25.6 Å². The average Bonchev–Trinajstić information content (AvgIpc) is 2.97. The summed E-state index contributed by atoms with van der Waals surface area (Å²) in [5, 5.41) is 3.88. The Morgan fingerprint density at radius 2 is 2.03 bits per heavy atom. The minimum absolute atomic E-state index is 0.0457. The molecule has 0 bridgehead atoms. The van der Waals surface area contributed by atoms with Gasteiger partial charge in [-0.2, -0.15) is 0 Å². The lowest BCUT2D eigenvalue weighted by atomic mass is 9.91. The van der Waals surface area contributed by atoms with Crippen molar-refractivity contribution in [3.05, 3.63) is 58.6 Å². The number of methoxy groups -OCH3 is 1. The molecule has 2 heterocycles. The van der Waals surface area contributed by atoms with Gasteiger partial charge in [-0.05, 0) is 42.3 Å². The van der Waals surface area contributed by atoms with Gasteiger partial charge in [-0.15, -0.1) is 11.8 Å². The van der Waals surface area contributed by atoms with Crippen LogP contribution >= 0.6 is 23.4 Å². The van der Waals surface area contributed by atoms with Crippen molar-refractivity contribution in [2.75, 3.05) is 12.9 Å². The number of carbonyl (C=O) groups excluding carboxylic acids is 1. The van der Waals surface area contributed by atoms with Crippen molar-refractivity contribution in [3.63, 3.8) is 0 Å². The summed E-state index contributed by atoms with van der Waals surface area (Å²) >= 11 is 7.71.